The Hall–Kier alpha value is -3.01. The smallest absolute Gasteiger partial charge is 0.416 e. The Bertz CT molecular complexity index is 1290. The molecule has 39 heavy (non-hydrogen) atoms. The van der Waals surface area contributed by atoms with Gasteiger partial charge in [-0.05, 0) is 48.0 Å². The van der Waals surface area contributed by atoms with Crippen molar-refractivity contribution < 1.29 is 49.0 Å². The number of hydrazine groups is 1. The van der Waals surface area contributed by atoms with E-state index in [1.165, 1.54) is 19.2 Å². The van der Waals surface area contributed by atoms with Gasteiger partial charge < -0.3 is 14.2 Å². The van der Waals surface area contributed by atoms with Crippen molar-refractivity contribution >= 4 is 15.7 Å². The second kappa shape index (κ2) is 10.9. The molecule has 0 amide bonds. The minimum absolute atomic E-state index is 0.151. The van der Waals surface area contributed by atoms with E-state index in [1.54, 1.807) is 40.4 Å². The third-order valence-electron chi connectivity index (χ3n) is 5.99. The maximum atomic E-state index is 12.9. The number of ether oxygens (including phenoxy) is 3. The molecule has 0 bridgehead atoms. The zero-order valence-corrected chi connectivity index (χ0v) is 21.4. The van der Waals surface area contributed by atoms with Crippen molar-refractivity contribution in [2.24, 2.45) is 0 Å². The molecule has 0 unspecified atom stereocenters. The van der Waals surface area contributed by atoms with Gasteiger partial charge in [0.15, 0.2) is 5.75 Å². The van der Waals surface area contributed by atoms with Crippen LogP contribution in [0.15, 0.2) is 60.5 Å². The van der Waals surface area contributed by atoms with Crippen molar-refractivity contribution in [1.29, 1.82) is 0 Å². The molecule has 1 saturated heterocycles. The minimum Gasteiger partial charge on any atom is -0.440 e. The van der Waals surface area contributed by atoms with Gasteiger partial charge in [-0.15, -0.1) is 0 Å². The SMILES string of the molecule is COCCN1C(Oc2ccc(C(F)(F)F)cc2)=CCN1c1cccc(C2(NS(=O)(=O)CC(F)(F)F)COC2)c1. The van der Waals surface area contributed by atoms with Crippen LogP contribution in [-0.4, -0.2) is 65.4 Å². The lowest BCUT2D eigenvalue weighted by atomic mass is 9.89. The van der Waals surface area contributed by atoms with Crippen LogP contribution >= 0.6 is 0 Å². The van der Waals surface area contributed by atoms with Crippen molar-refractivity contribution in [3.63, 3.8) is 0 Å². The zero-order chi connectivity index (χ0) is 28.5. The van der Waals surface area contributed by atoms with Crippen LogP contribution in [0, 0.1) is 0 Å². The summed E-state index contributed by atoms with van der Waals surface area (Å²) in [6.45, 7) is 0.536. The fraction of sp³-hybridized carbons (Fsp3) is 0.417. The predicted octanol–water partition coefficient (Wildman–Crippen LogP) is 4.02. The number of alkyl halides is 6. The average molecular weight is 582 g/mol. The first kappa shape index (κ1) is 29.0. The second-order valence-corrected chi connectivity index (χ2v) is 10.7. The van der Waals surface area contributed by atoms with Crippen LogP contribution in [0.2, 0.25) is 0 Å². The van der Waals surface area contributed by atoms with Gasteiger partial charge in [-0.1, -0.05) is 12.1 Å². The molecule has 214 valence electrons. The number of sulfonamides is 1. The van der Waals surface area contributed by atoms with Gasteiger partial charge in [-0.25, -0.2) is 8.42 Å². The summed E-state index contributed by atoms with van der Waals surface area (Å²) in [5.74, 6) is -1.52. The largest absolute Gasteiger partial charge is 0.440 e. The molecule has 0 aromatic heterocycles. The Morgan fingerprint density at radius 2 is 1.74 bits per heavy atom. The molecule has 1 N–H and O–H groups in total. The van der Waals surface area contributed by atoms with Gasteiger partial charge in [0.1, 0.15) is 11.3 Å². The number of hydrogen-bond acceptors (Lipinski definition) is 7. The fourth-order valence-electron chi connectivity index (χ4n) is 4.17. The molecule has 2 aliphatic rings. The van der Waals surface area contributed by atoms with Crippen molar-refractivity contribution in [2.45, 2.75) is 17.9 Å². The molecule has 0 aliphatic carbocycles. The number of nitrogens with one attached hydrogen (secondary N) is 1. The Labute approximate surface area is 220 Å². The number of hydrogen-bond donors (Lipinski definition) is 1. The molecule has 15 heteroatoms. The van der Waals surface area contributed by atoms with Gasteiger partial charge in [0, 0.05) is 7.11 Å². The van der Waals surface area contributed by atoms with Crippen LogP contribution in [0.4, 0.5) is 32.0 Å². The standard InChI is InChI=1S/C24H25F6N3O5S/c1-36-12-11-33-21(38-20-7-5-17(6-8-20)24(28,29)30)9-10-32(33)19-4-2-3-18(13-19)22(14-37-15-22)31-39(34,35)16-23(25,26)27/h2-9,13,31H,10-12,14-16H2,1H3. The number of anilines is 1. The Balaban J connectivity index is 1.55. The molecule has 1 fully saturated rings. The van der Waals surface area contributed by atoms with E-state index in [1.807, 2.05) is 0 Å². The minimum atomic E-state index is -4.91. The van der Waals surface area contributed by atoms with Crippen molar-refractivity contribution in [1.82, 2.24) is 9.73 Å². The third-order valence-corrected chi connectivity index (χ3v) is 7.40. The van der Waals surface area contributed by atoms with Crippen molar-refractivity contribution in [2.75, 3.05) is 50.8 Å². The third kappa shape index (κ3) is 6.96. The Morgan fingerprint density at radius 1 is 1.05 bits per heavy atom. The quantitative estimate of drug-likeness (QED) is 0.425. The average Bonchev–Trinajstić information content (AvgIpc) is 3.20. The summed E-state index contributed by atoms with van der Waals surface area (Å²) in [5.41, 5.74) is -1.22. The number of methoxy groups -OCH3 is 1. The maximum absolute atomic E-state index is 12.9. The highest BCUT2D eigenvalue weighted by molar-refractivity contribution is 7.89. The summed E-state index contributed by atoms with van der Waals surface area (Å²) >= 11 is 0. The van der Waals surface area contributed by atoms with E-state index in [0.717, 1.165) is 12.1 Å². The Kier molecular flexibility index (Phi) is 8.08. The van der Waals surface area contributed by atoms with Gasteiger partial charge in [0.25, 0.3) is 0 Å². The first-order chi connectivity index (χ1) is 18.2. The molecule has 0 spiro atoms. The lowest BCUT2D eigenvalue weighted by molar-refractivity contribution is -0.137. The summed E-state index contributed by atoms with van der Waals surface area (Å²) in [6.07, 6.45) is -7.69. The van der Waals surface area contributed by atoms with E-state index in [4.69, 9.17) is 14.2 Å². The van der Waals surface area contributed by atoms with Crippen LogP contribution in [0.1, 0.15) is 11.1 Å². The highest BCUT2D eigenvalue weighted by Crippen LogP contribution is 2.36. The lowest BCUT2D eigenvalue weighted by Gasteiger charge is -2.42. The van der Waals surface area contributed by atoms with Crippen LogP contribution < -0.4 is 14.5 Å². The number of rotatable bonds is 10. The van der Waals surface area contributed by atoms with E-state index < -0.39 is 39.2 Å². The zero-order valence-electron chi connectivity index (χ0n) is 20.6. The van der Waals surface area contributed by atoms with Crippen LogP contribution in [0.5, 0.6) is 5.75 Å². The number of benzene rings is 2. The normalized spacial score (nSPS) is 17.7. The monoisotopic (exact) mass is 581 g/mol. The molecule has 0 atom stereocenters. The van der Waals surface area contributed by atoms with Gasteiger partial charge in [-0.2, -0.15) is 31.1 Å². The summed E-state index contributed by atoms with van der Waals surface area (Å²) < 4.78 is 120. The molecule has 8 nitrogen and oxygen atoms in total. The molecule has 0 saturated carbocycles. The molecule has 0 radical (unpaired) electrons. The van der Waals surface area contributed by atoms with Gasteiger partial charge >= 0.3 is 12.4 Å². The number of halogens is 6. The second-order valence-electron chi connectivity index (χ2n) is 8.97. The topological polar surface area (TPSA) is 80.3 Å². The molecule has 2 aliphatic heterocycles. The Morgan fingerprint density at radius 3 is 2.31 bits per heavy atom. The fourth-order valence-corrected chi connectivity index (χ4v) is 5.51. The van der Waals surface area contributed by atoms with E-state index in [-0.39, 0.29) is 32.1 Å². The summed E-state index contributed by atoms with van der Waals surface area (Å²) in [5, 5.41) is 3.46. The van der Waals surface area contributed by atoms with E-state index in [9.17, 15) is 34.8 Å². The van der Waals surface area contributed by atoms with Crippen LogP contribution in [-0.2, 0) is 31.2 Å². The van der Waals surface area contributed by atoms with Crippen LogP contribution in [0.25, 0.3) is 0 Å². The van der Waals surface area contributed by atoms with E-state index in [2.05, 4.69) is 4.72 Å². The van der Waals surface area contributed by atoms with Crippen molar-refractivity contribution in [3.8, 4) is 5.75 Å². The highest BCUT2D eigenvalue weighted by atomic mass is 32.2. The van der Waals surface area contributed by atoms with Crippen LogP contribution in [0.3, 0.4) is 0 Å². The molecule has 2 aromatic rings. The van der Waals surface area contributed by atoms with Gasteiger partial charge in [-0.3, -0.25) is 10.0 Å². The first-order valence-electron chi connectivity index (χ1n) is 11.6. The predicted molar refractivity (Wildman–Crippen MR) is 128 cm³/mol. The molecular weight excluding hydrogens is 556 g/mol. The summed E-state index contributed by atoms with van der Waals surface area (Å²) in [7, 11) is -3.22. The molecule has 2 aromatic carbocycles. The summed E-state index contributed by atoms with van der Waals surface area (Å²) in [6, 6.07) is 10.8. The highest BCUT2D eigenvalue weighted by Gasteiger charge is 2.46. The lowest BCUT2D eigenvalue weighted by Crippen LogP contribution is -2.60. The van der Waals surface area contributed by atoms with Crippen molar-refractivity contribution in [3.05, 3.63) is 71.6 Å². The molecule has 4 rings (SSSR count). The van der Waals surface area contributed by atoms with Gasteiger partial charge in [0.05, 0.1) is 44.2 Å². The van der Waals surface area contributed by atoms with E-state index in [0.29, 0.717) is 23.7 Å². The van der Waals surface area contributed by atoms with Gasteiger partial charge in [0.2, 0.25) is 15.9 Å². The maximum Gasteiger partial charge on any atom is 0.416 e. The molecule has 2 heterocycles. The summed E-state index contributed by atoms with van der Waals surface area (Å²) in [4.78, 5) is 0. The van der Waals surface area contributed by atoms with E-state index >= 15 is 0 Å². The molecular formula is C24H25F6N3O5S. The number of nitrogens with zero attached hydrogens (tertiary/aromatic N) is 2. The first-order valence-corrected chi connectivity index (χ1v) is 13.2.